The van der Waals surface area contributed by atoms with Gasteiger partial charge in [-0.05, 0) is 39.2 Å². The van der Waals surface area contributed by atoms with E-state index in [-0.39, 0.29) is 11.4 Å². The van der Waals surface area contributed by atoms with Crippen LogP contribution in [0.15, 0.2) is 0 Å². The molecule has 0 aromatic carbocycles. The van der Waals surface area contributed by atoms with Crippen LogP contribution in [-0.2, 0) is 4.79 Å². The molecule has 0 aliphatic carbocycles. The molecule has 0 aromatic heterocycles. The monoisotopic (exact) mass is 225 g/mol. The predicted octanol–water partition coefficient (Wildman–Crippen LogP) is 0.341. The van der Waals surface area contributed by atoms with E-state index in [9.17, 15) is 4.79 Å². The second-order valence-electron chi connectivity index (χ2n) is 5.28. The number of likely N-dealkylation sites (tertiary alicyclic amines) is 1. The van der Waals surface area contributed by atoms with Gasteiger partial charge in [-0.2, -0.15) is 0 Å². The lowest BCUT2D eigenvalue weighted by Gasteiger charge is -2.30. The molecule has 2 heterocycles. The minimum absolute atomic E-state index is 0.117. The molecular weight excluding hydrogens is 202 g/mol. The Balaban J connectivity index is 1.74. The van der Waals surface area contributed by atoms with E-state index in [4.69, 9.17) is 0 Å². The molecule has 2 saturated heterocycles. The third-order valence-electron chi connectivity index (χ3n) is 3.74. The van der Waals surface area contributed by atoms with Gasteiger partial charge < -0.3 is 15.5 Å². The summed E-state index contributed by atoms with van der Waals surface area (Å²) in [6, 6.07) is 0. The molecule has 0 radical (unpaired) electrons. The summed E-state index contributed by atoms with van der Waals surface area (Å²) < 4.78 is 0. The van der Waals surface area contributed by atoms with Gasteiger partial charge in [0.1, 0.15) is 0 Å². The number of amides is 1. The lowest BCUT2D eigenvalue weighted by Crippen LogP contribution is -2.50. The Morgan fingerprint density at radius 1 is 1.38 bits per heavy atom. The van der Waals surface area contributed by atoms with Gasteiger partial charge in [0.2, 0.25) is 5.91 Å². The van der Waals surface area contributed by atoms with E-state index in [1.54, 1.807) is 0 Å². The van der Waals surface area contributed by atoms with Crippen molar-refractivity contribution in [3.05, 3.63) is 0 Å². The molecule has 2 fully saturated rings. The van der Waals surface area contributed by atoms with Crippen molar-refractivity contribution in [1.82, 2.24) is 15.5 Å². The molecule has 1 atom stereocenters. The van der Waals surface area contributed by atoms with Crippen LogP contribution in [-0.4, -0.2) is 49.1 Å². The molecule has 4 heteroatoms. The van der Waals surface area contributed by atoms with Crippen LogP contribution in [0.3, 0.4) is 0 Å². The molecule has 0 aromatic rings. The van der Waals surface area contributed by atoms with Crippen LogP contribution >= 0.6 is 0 Å². The number of rotatable bonds is 3. The Kier molecular flexibility index (Phi) is 3.82. The van der Waals surface area contributed by atoms with Crippen molar-refractivity contribution in [1.29, 1.82) is 0 Å². The number of nitrogens with zero attached hydrogens (tertiary/aromatic N) is 1. The normalized spacial score (nSPS) is 30.7. The van der Waals surface area contributed by atoms with Gasteiger partial charge in [-0.1, -0.05) is 0 Å². The molecule has 2 rings (SSSR count). The first-order valence-corrected chi connectivity index (χ1v) is 6.43. The van der Waals surface area contributed by atoms with E-state index < -0.39 is 0 Å². The maximum absolute atomic E-state index is 11.9. The molecule has 2 aliphatic heterocycles. The fourth-order valence-corrected chi connectivity index (χ4v) is 2.51. The first-order valence-electron chi connectivity index (χ1n) is 6.43. The van der Waals surface area contributed by atoms with Crippen molar-refractivity contribution in [3.63, 3.8) is 0 Å². The van der Waals surface area contributed by atoms with Crippen LogP contribution in [0.1, 0.15) is 32.6 Å². The minimum atomic E-state index is 0.117. The highest BCUT2D eigenvalue weighted by atomic mass is 16.2. The van der Waals surface area contributed by atoms with E-state index in [0.29, 0.717) is 6.54 Å². The van der Waals surface area contributed by atoms with E-state index in [2.05, 4.69) is 17.6 Å². The fraction of sp³-hybridized carbons (Fsp3) is 0.917. The van der Waals surface area contributed by atoms with Gasteiger partial charge in [0, 0.05) is 25.2 Å². The maximum atomic E-state index is 11.9. The molecule has 0 saturated carbocycles. The van der Waals surface area contributed by atoms with Crippen LogP contribution in [0.4, 0.5) is 0 Å². The summed E-state index contributed by atoms with van der Waals surface area (Å²) in [5, 5.41) is 6.73. The predicted molar refractivity (Wildman–Crippen MR) is 64.3 cm³/mol. The highest BCUT2D eigenvalue weighted by Gasteiger charge is 2.29. The Morgan fingerprint density at radius 2 is 2.12 bits per heavy atom. The highest BCUT2D eigenvalue weighted by Crippen LogP contribution is 2.13. The average molecular weight is 225 g/mol. The summed E-state index contributed by atoms with van der Waals surface area (Å²) in [4.78, 5) is 13.9. The lowest BCUT2D eigenvalue weighted by molar-refractivity contribution is -0.131. The van der Waals surface area contributed by atoms with Gasteiger partial charge in [-0.3, -0.25) is 4.79 Å². The number of nitrogens with one attached hydrogen (secondary N) is 2. The van der Waals surface area contributed by atoms with Gasteiger partial charge in [0.25, 0.3) is 0 Å². The summed E-state index contributed by atoms with van der Waals surface area (Å²) in [6.45, 7) is 6.63. The number of piperidine rings is 1. The van der Waals surface area contributed by atoms with Crippen LogP contribution in [0.25, 0.3) is 0 Å². The molecule has 0 spiro atoms. The van der Waals surface area contributed by atoms with Crippen molar-refractivity contribution >= 4 is 5.91 Å². The summed E-state index contributed by atoms with van der Waals surface area (Å²) >= 11 is 0. The molecule has 4 nitrogen and oxygen atoms in total. The molecular formula is C12H23N3O. The number of carbonyl (C=O) groups excluding carboxylic acids is 1. The third kappa shape index (κ3) is 2.95. The highest BCUT2D eigenvalue weighted by molar-refractivity contribution is 5.78. The SMILES string of the molecule is CC1(NCC(=O)N2CCCCC2)CCNC1. The summed E-state index contributed by atoms with van der Waals surface area (Å²) in [5.41, 5.74) is 0.117. The zero-order valence-corrected chi connectivity index (χ0v) is 10.2. The van der Waals surface area contributed by atoms with Crippen LogP contribution in [0, 0.1) is 0 Å². The molecule has 92 valence electrons. The van der Waals surface area contributed by atoms with E-state index in [0.717, 1.165) is 32.6 Å². The van der Waals surface area contributed by atoms with Gasteiger partial charge in [-0.25, -0.2) is 0 Å². The molecule has 0 bridgehead atoms. The first kappa shape index (κ1) is 11.9. The molecule has 16 heavy (non-hydrogen) atoms. The third-order valence-corrected chi connectivity index (χ3v) is 3.74. The van der Waals surface area contributed by atoms with Gasteiger partial charge >= 0.3 is 0 Å². The van der Waals surface area contributed by atoms with Gasteiger partial charge in [-0.15, -0.1) is 0 Å². The minimum Gasteiger partial charge on any atom is -0.342 e. The van der Waals surface area contributed by atoms with Crippen molar-refractivity contribution in [2.45, 2.75) is 38.1 Å². The van der Waals surface area contributed by atoms with Crippen LogP contribution in [0.2, 0.25) is 0 Å². The van der Waals surface area contributed by atoms with Gasteiger partial charge in [0.15, 0.2) is 0 Å². The van der Waals surface area contributed by atoms with Crippen molar-refractivity contribution in [2.75, 3.05) is 32.7 Å². The smallest absolute Gasteiger partial charge is 0.236 e. The zero-order chi connectivity index (χ0) is 11.4. The first-order chi connectivity index (χ1) is 7.70. The Hall–Kier alpha value is -0.610. The molecule has 2 aliphatic rings. The Morgan fingerprint density at radius 3 is 2.75 bits per heavy atom. The van der Waals surface area contributed by atoms with Crippen molar-refractivity contribution in [3.8, 4) is 0 Å². The van der Waals surface area contributed by atoms with Crippen LogP contribution in [0.5, 0.6) is 0 Å². The number of hydrogen-bond donors (Lipinski definition) is 2. The van der Waals surface area contributed by atoms with E-state index in [1.807, 2.05) is 4.90 Å². The second-order valence-corrected chi connectivity index (χ2v) is 5.28. The number of hydrogen-bond acceptors (Lipinski definition) is 3. The zero-order valence-electron chi connectivity index (χ0n) is 10.2. The summed E-state index contributed by atoms with van der Waals surface area (Å²) in [7, 11) is 0. The van der Waals surface area contributed by atoms with Crippen LogP contribution < -0.4 is 10.6 Å². The molecule has 1 amide bonds. The number of carbonyl (C=O) groups is 1. The summed E-state index contributed by atoms with van der Waals surface area (Å²) in [5.74, 6) is 0.271. The van der Waals surface area contributed by atoms with Crippen molar-refractivity contribution in [2.24, 2.45) is 0 Å². The standard InChI is InChI=1S/C12H23N3O/c1-12(5-6-13-10-12)14-9-11(16)15-7-3-2-4-8-15/h13-14H,2-10H2,1H3. The lowest BCUT2D eigenvalue weighted by atomic mass is 10.0. The van der Waals surface area contributed by atoms with E-state index in [1.165, 1.54) is 19.3 Å². The van der Waals surface area contributed by atoms with E-state index >= 15 is 0 Å². The Labute approximate surface area is 97.8 Å². The largest absolute Gasteiger partial charge is 0.342 e. The summed E-state index contributed by atoms with van der Waals surface area (Å²) in [6.07, 6.45) is 4.73. The maximum Gasteiger partial charge on any atom is 0.236 e. The van der Waals surface area contributed by atoms with Crippen molar-refractivity contribution < 1.29 is 4.79 Å². The Bertz CT molecular complexity index is 243. The quantitative estimate of drug-likeness (QED) is 0.728. The topological polar surface area (TPSA) is 44.4 Å². The molecule has 2 N–H and O–H groups in total. The average Bonchev–Trinajstić information content (AvgIpc) is 2.75. The molecule has 1 unspecified atom stereocenters. The second kappa shape index (κ2) is 5.15. The van der Waals surface area contributed by atoms with Gasteiger partial charge in [0.05, 0.1) is 6.54 Å². The fourth-order valence-electron chi connectivity index (χ4n) is 2.51.